The molecule has 2 rings (SSSR count). The van der Waals surface area contributed by atoms with Gasteiger partial charge in [0.05, 0.1) is 11.3 Å². The summed E-state index contributed by atoms with van der Waals surface area (Å²) in [6, 6.07) is 3.61. The highest BCUT2D eigenvalue weighted by Gasteiger charge is 2.20. The number of carbonyl (C=O) groups is 2. The number of aromatic carboxylic acids is 1. The first-order chi connectivity index (χ1) is 9.97. The third-order valence-corrected chi connectivity index (χ3v) is 4.68. The van der Waals surface area contributed by atoms with E-state index < -0.39 is 11.8 Å². The van der Waals surface area contributed by atoms with E-state index in [1.54, 1.807) is 4.90 Å². The fourth-order valence-electron chi connectivity index (χ4n) is 2.24. The quantitative estimate of drug-likeness (QED) is 0.869. The van der Waals surface area contributed by atoms with Gasteiger partial charge in [-0.05, 0) is 37.0 Å². The number of likely N-dealkylation sites (tertiary alicyclic amines) is 1. The van der Waals surface area contributed by atoms with Gasteiger partial charge in [-0.25, -0.2) is 9.18 Å². The Labute approximate surface area is 127 Å². The zero-order valence-electron chi connectivity index (χ0n) is 11.8. The van der Waals surface area contributed by atoms with Crippen molar-refractivity contribution in [1.82, 2.24) is 4.90 Å². The van der Waals surface area contributed by atoms with Crippen LogP contribution in [0.2, 0.25) is 0 Å². The van der Waals surface area contributed by atoms with Crippen LogP contribution in [0.4, 0.5) is 4.39 Å². The number of rotatable bonds is 4. The van der Waals surface area contributed by atoms with E-state index in [4.69, 9.17) is 5.11 Å². The van der Waals surface area contributed by atoms with Crippen LogP contribution in [-0.2, 0) is 4.79 Å². The average molecular weight is 311 g/mol. The molecular weight excluding hydrogens is 293 g/mol. The molecule has 1 heterocycles. The van der Waals surface area contributed by atoms with Gasteiger partial charge in [0.2, 0.25) is 5.91 Å². The van der Waals surface area contributed by atoms with E-state index in [1.807, 2.05) is 0 Å². The summed E-state index contributed by atoms with van der Waals surface area (Å²) in [4.78, 5) is 24.9. The van der Waals surface area contributed by atoms with Crippen molar-refractivity contribution >= 4 is 23.6 Å². The highest BCUT2D eigenvalue weighted by Crippen LogP contribution is 2.24. The van der Waals surface area contributed by atoms with E-state index >= 15 is 0 Å². The fraction of sp³-hybridized carbons (Fsp3) is 0.467. The molecule has 0 radical (unpaired) electrons. The number of benzene rings is 1. The lowest BCUT2D eigenvalue weighted by atomic mass is 9.99. The second-order valence-corrected chi connectivity index (χ2v) is 6.32. The van der Waals surface area contributed by atoms with Crippen molar-refractivity contribution in [2.45, 2.75) is 24.7 Å². The van der Waals surface area contributed by atoms with E-state index in [0.29, 0.717) is 5.92 Å². The molecule has 1 fully saturated rings. The van der Waals surface area contributed by atoms with E-state index in [1.165, 1.54) is 12.1 Å². The number of carboxylic acid groups (broad SMARTS) is 1. The van der Waals surface area contributed by atoms with Gasteiger partial charge >= 0.3 is 5.97 Å². The largest absolute Gasteiger partial charge is 0.478 e. The minimum absolute atomic E-state index is 0.0213. The Kier molecular flexibility index (Phi) is 5.22. The number of hydrogen-bond acceptors (Lipinski definition) is 3. The first-order valence-electron chi connectivity index (χ1n) is 6.91. The number of hydrogen-bond donors (Lipinski definition) is 1. The smallest absolute Gasteiger partial charge is 0.335 e. The molecular formula is C15H18FNO3S. The molecule has 0 bridgehead atoms. The molecule has 6 heteroatoms. The number of piperidine rings is 1. The lowest BCUT2D eigenvalue weighted by Gasteiger charge is -2.30. The maximum atomic E-state index is 13.6. The van der Waals surface area contributed by atoms with Crippen LogP contribution in [0.15, 0.2) is 23.1 Å². The Hall–Kier alpha value is -1.56. The van der Waals surface area contributed by atoms with Crippen molar-refractivity contribution in [3.8, 4) is 0 Å². The molecule has 1 aromatic rings. The molecule has 1 amide bonds. The van der Waals surface area contributed by atoms with Crippen LogP contribution in [-0.4, -0.2) is 40.7 Å². The van der Waals surface area contributed by atoms with Crippen LogP contribution >= 0.6 is 11.8 Å². The minimum Gasteiger partial charge on any atom is -0.478 e. The number of carboxylic acids is 1. The second-order valence-electron chi connectivity index (χ2n) is 5.30. The normalized spacial score (nSPS) is 16.0. The summed E-state index contributed by atoms with van der Waals surface area (Å²) >= 11 is 1.05. The van der Waals surface area contributed by atoms with Gasteiger partial charge in [0.25, 0.3) is 0 Å². The summed E-state index contributed by atoms with van der Waals surface area (Å²) < 4.78 is 13.6. The van der Waals surface area contributed by atoms with Gasteiger partial charge in [0.1, 0.15) is 5.82 Å². The summed E-state index contributed by atoms with van der Waals surface area (Å²) in [6.07, 6.45) is 2.00. The molecule has 0 unspecified atom stereocenters. The van der Waals surface area contributed by atoms with Gasteiger partial charge < -0.3 is 10.0 Å². The van der Waals surface area contributed by atoms with Crippen molar-refractivity contribution < 1.29 is 19.1 Å². The third-order valence-electron chi connectivity index (χ3n) is 3.67. The third kappa shape index (κ3) is 4.20. The number of thioether (sulfide) groups is 1. The van der Waals surface area contributed by atoms with Crippen molar-refractivity contribution in [2.75, 3.05) is 18.8 Å². The standard InChI is InChI=1S/C15H18FNO3S/c1-10-4-6-17(7-5-10)14(18)9-21-13-8-11(15(19)20)2-3-12(13)16/h2-3,8,10H,4-7,9H2,1H3,(H,19,20). The molecule has 0 aromatic heterocycles. The summed E-state index contributed by atoms with van der Waals surface area (Å²) in [7, 11) is 0. The number of nitrogens with zero attached hydrogens (tertiary/aromatic N) is 1. The molecule has 114 valence electrons. The summed E-state index contributed by atoms with van der Waals surface area (Å²) in [6.45, 7) is 3.67. The molecule has 1 aliphatic rings. The van der Waals surface area contributed by atoms with Crippen LogP contribution in [0.1, 0.15) is 30.1 Å². The second kappa shape index (κ2) is 6.93. The van der Waals surface area contributed by atoms with Gasteiger partial charge in [-0.2, -0.15) is 0 Å². The molecule has 1 aromatic carbocycles. The topological polar surface area (TPSA) is 57.6 Å². The van der Waals surface area contributed by atoms with E-state index in [0.717, 1.165) is 43.8 Å². The monoisotopic (exact) mass is 311 g/mol. The van der Waals surface area contributed by atoms with E-state index in [-0.39, 0.29) is 22.1 Å². The van der Waals surface area contributed by atoms with Crippen LogP contribution in [0, 0.1) is 11.7 Å². The molecule has 0 atom stereocenters. The SMILES string of the molecule is CC1CCN(C(=O)CSc2cc(C(=O)O)ccc2F)CC1. The van der Waals surface area contributed by atoms with Crippen LogP contribution in [0.3, 0.4) is 0 Å². The molecule has 21 heavy (non-hydrogen) atoms. The first-order valence-corrected chi connectivity index (χ1v) is 7.89. The van der Waals surface area contributed by atoms with Gasteiger partial charge in [0.15, 0.2) is 0 Å². The Balaban J connectivity index is 1.94. The maximum Gasteiger partial charge on any atom is 0.335 e. The molecule has 1 N–H and O–H groups in total. The molecule has 4 nitrogen and oxygen atoms in total. The van der Waals surface area contributed by atoms with E-state index in [2.05, 4.69) is 6.92 Å². The van der Waals surface area contributed by atoms with Crippen LogP contribution in [0.25, 0.3) is 0 Å². The van der Waals surface area contributed by atoms with Crippen molar-refractivity contribution in [1.29, 1.82) is 0 Å². The summed E-state index contributed by atoms with van der Waals surface area (Å²) in [5.74, 6) is -0.842. The Morgan fingerprint density at radius 2 is 2.05 bits per heavy atom. The molecule has 1 saturated heterocycles. The Morgan fingerprint density at radius 3 is 2.67 bits per heavy atom. The van der Waals surface area contributed by atoms with Crippen molar-refractivity contribution in [3.05, 3.63) is 29.6 Å². The number of carbonyl (C=O) groups excluding carboxylic acids is 1. The lowest BCUT2D eigenvalue weighted by molar-refractivity contribution is -0.129. The fourth-order valence-corrected chi connectivity index (χ4v) is 3.11. The molecule has 1 aliphatic heterocycles. The zero-order valence-corrected chi connectivity index (χ0v) is 12.7. The van der Waals surface area contributed by atoms with Gasteiger partial charge in [-0.15, -0.1) is 11.8 Å². The zero-order chi connectivity index (χ0) is 15.4. The van der Waals surface area contributed by atoms with Gasteiger partial charge in [0, 0.05) is 18.0 Å². The maximum absolute atomic E-state index is 13.6. The van der Waals surface area contributed by atoms with Gasteiger partial charge in [-0.1, -0.05) is 6.92 Å². The molecule has 0 spiro atoms. The molecule has 0 saturated carbocycles. The summed E-state index contributed by atoms with van der Waals surface area (Å²) in [5.41, 5.74) is 0.0261. The van der Waals surface area contributed by atoms with Crippen molar-refractivity contribution in [3.63, 3.8) is 0 Å². The van der Waals surface area contributed by atoms with Gasteiger partial charge in [-0.3, -0.25) is 4.79 Å². The lowest BCUT2D eigenvalue weighted by Crippen LogP contribution is -2.38. The Bertz CT molecular complexity index is 542. The van der Waals surface area contributed by atoms with Crippen LogP contribution < -0.4 is 0 Å². The predicted octanol–water partition coefficient (Wildman–Crippen LogP) is 2.87. The predicted molar refractivity (Wildman–Crippen MR) is 79.1 cm³/mol. The van der Waals surface area contributed by atoms with E-state index in [9.17, 15) is 14.0 Å². The minimum atomic E-state index is -1.10. The summed E-state index contributed by atoms with van der Waals surface area (Å²) in [5, 5.41) is 8.90. The first kappa shape index (κ1) is 15.8. The Morgan fingerprint density at radius 1 is 1.38 bits per heavy atom. The number of halogens is 1. The van der Waals surface area contributed by atoms with Crippen LogP contribution in [0.5, 0.6) is 0 Å². The number of amides is 1. The molecule has 0 aliphatic carbocycles. The highest BCUT2D eigenvalue weighted by molar-refractivity contribution is 8.00. The highest BCUT2D eigenvalue weighted by atomic mass is 32.2. The average Bonchev–Trinajstić information content (AvgIpc) is 2.46. The van der Waals surface area contributed by atoms with Crippen molar-refractivity contribution in [2.24, 2.45) is 5.92 Å².